The lowest BCUT2D eigenvalue weighted by Gasteiger charge is -2.13. The van der Waals surface area contributed by atoms with Crippen LogP contribution in [0.3, 0.4) is 0 Å². The number of nitrogens with one attached hydrogen (secondary N) is 1. The molecule has 0 bridgehead atoms. The van der Waals surface area contributed by atoms with Crippen molar-refractivity contribution < 1.29 is 29.1 Å². The van der Waals surface area contributed by atoms with Gasteiger partial charge in [-0.25, -0.2) is 10.2 Å². The third-order valence-electron chi connectivity index (χ3n) is 4.81. The van der Waals surface area contributed by atoms with Gasteiger partial charge in [0.25, 0.3) is 5.69 Å². The molecule has 0 unspecified atom stereocenters. The van der Waals surface area contributed by atoms with Crippen molar-refractivity contribution in [1.29, 1.82) is 0 Å². The molecule has 2 N–H and O–H groups in total. The molecule has 0 aromatic heterocycles. The standard InChI is InChI=1S/C25H23N3O7/c1-2-34-23-13-18(9-12-22(23)35-16-17-7-10-19(11-8-17)25(30)31)15-26-27-24(29)14-20-5-3-4-6-21(20)28(32)33/h3-13,15H,2,14,16H2,1H3,(H,27,29)(H,30,31). The van der Waals surface area contributed by atoms with Crippen molar-refractivity contribution in [3.05, 3.63) is 99.1 Å². The summed E-state index contributed by atoms with van der Waals surface area (Å²) in [7, 11) is 0. The molecule has 0 heterocycles. The van der Waals surface area contributed by atoms with Crippen LogP contribution in [0.2, 0.25) is 0 Å². The smallest absolute Gasteiger partial charge is 0.335 e. The van der Waals surface area contributed by atoms with Crippen molar-refractivity contribution >= 4 is 23.8 Å². The molecule has 0 atom stereocenters. The number of hydrazone groups is 1. The number of nitro benzene ring substituents is 1. The van der Waals surface area contributed by atoms with Crippen LogP contribution in [0.4, 0.5) is 5.69 Å². The number of carboxylic acids is 1. The number of nitro groups is 1. The molecule has 180 valence electrons. The number of rotatable bonds is 11. The first-order chi connectivity index (χ1) is 16.9. The third kappa shape index (κ3) is 7.13. The summed E-state index contributed by atoms with van der Waals surface area (Å²) in [6.07, 6.45) is 1.24. The molecule has 0 spiro atoms. The van der Waals surface area contributed by atoms with E-state index in [0.717, 1.165) is 5.56 Å². The predicted octanol–water partition coefficient (Wildman–Crippen LogP) is 3.96. The van der Waals surface area contributed by atoms with E-state index in [2.05, 4.69) is 10.5 Å². The minimum Gasteiger partial charge on any atom is -0.490 e. The minimum absolute atomic E-state index is 0.124. The first kappa shape index (κ1) is 24.9. The van der Waals surface area contributed by atoms with Crippen molar-refractivity contribution in [1.82, 2.24) is 5.43 Å². The molecule has 10 nitrogen and oxygen atoms in total. The highest BCUT2D eigenvalue weighted by Gasteiger charge is 2.15. The number of aromatic carboxylic acids is 1. The summed E-state index contributed by atoms with van der Waals surface area (Å²) < 4.78 is 11.5. The van der Waals surface area contributed by atoms with Crippen molar-refractivity contribution in [3.8, 4) is 11.5 Å². The fraction of sp³-hybridized carbons (Fsp3) is 0.160. The van der Waals surface area contributed by atoms with E-state index in [4.69, 9.17) is 14.6 Å². The van der Waals surface area contributed by atoms with Crippen molar-refractivity contribution in [2.45, 2.75) is 20.0 Å². The molecule has 0 aliphatic carbocycles. The van der Waals surface area contributed by atoms with Gasteiger partial charge in [0.15, 0.2) is 11.5 Å². The van der Waals surface area contributed by atoms with Crippen LogP contribution in [0.1, 0.15) is 34.0 Å². The number of hydrogen-bond donors (Lipinski definition) is 2. The van der Waals surface area contributed by atoms with Crippen molar-refractivity contribution in [3.63, 3.8) is 0 Å². The van der Waals surface area contributed by atoms with Gasteiger partial charge in [-0.2, -0.15) is 5.10 Å². The van der Waals surface area contributed by atoms with Gasteiger partial charge in [0, 0.05) is 11.6 Å². The highest BCUT2D eigenvalue weighted by atomic mass is 16.6. The number of carboxylic acid groups (broad SMARTS) is 1. The number of amides is 1. The number of ether oxygens (including phenoxy) is 2. The summed E-state index contributed by atoms with van der Waals surface area (Å²) in [5, 5.41) is 24.0. The summed E-state index contributed by atoms with van der Waals surface area (Å²) in [6.45, 7) is 2.45. The van der Waals surface area contributed by atoms with E-state index >= 15 is 0 Å². The van der Waals surface area contributed by atoms with Gasteiger partial charge >= 0.3 is 5.97 Å². The minimum atomic E-state index is -0.995. The van der Waals surface area contributed by atoms with E-state index < -0.39 is 16.8 Å². The number of benzene rings is 3. The Kier molecular flexibility index (Phi) is 8.49. The van der Waals surface area contributed by atoms with E-state index in [0.29, 0.717) is 29.2 Å². The van der Waals surface area contributed by atoms with Crippen LogP contribution < -0.4 is 14.9 Å². The summed E-state index contributed by atoms with van der Waals surface area (Å²) in [6, 6.07) is 17.5. The summed E-state index contributed by atoms with van der Waals surface area (Å²) >= 11 is 0. The molecule has 0 aliphatic rings. The zero-order valence-corrected chi connectivity index (χ0v) is 18.8. The highest BCUT2D eigenvalue weighted by Crippen LogP contribution is 2.29. The SMILES string of the molecule is CCOc1cc(C=NNC(=O)Cc2ccccc2[N+](=O)[O-])ccc1OCc1ccc(C(=O)O)cc1. The molecule has 1 amide bonds. The lowest BCUT2D eigenvalue weighted by Crippen LogP contribution is -2.20. The Labute approximate surface area is 201 Å². The third-order valence-corrected chi connectivity index (χ3v) is 4.81. The second-order valence-electron chi connectivity index (χ2n) is 7.29. The van der Waals surface area contributed by atoms with Crippen LogP contribution in [-0.4, -0.2) is 34.7 Å². The Bertz CT molecular complexity index is 1240. The fourth-order valence-corrected chi connectivity index (χ4v) is 3.13. The lowest BCUT2D eigenvalue weighted by molar-refractivity contribution is -0.385. The number of para-hydroxylation sites is 1. The van der Waals surface area contributed by atoms with Gasteiger partial charge in [-0.3, -0.25) is 14.9 Å². The molecular formula is C25H23N3O7. The van der Waals surface area contributed by atoms with E-state index in [1.165, 1.54) is 36.5 Å². The molecule has 0 saturated heterocycles. The van der Waals surface area contributed by atoms with Crippen LogP contribution in [0.25, 0.3) is 0 Å². The quantitative estimate of drug-likeness (QED) is 0.242. The van der Waals surface area contributed by atoms with E-state index in [9.17, 15) is 19.7 Å². The Balaban J connectivity index is 1.62. The van der Waals surface area contributed by atoms with E-state index in [1.807, 2.05) is 6.92 Å². The fourth-order valence-electron chi connectivity index (χ4n) is 3.13. The topological polar surface area (TPSA) is 140 Å². The van der Waals surface area contributed by atoms with Gasteiger partial charge in [0.1, 0.15) is 6.61 Å². The number of hydrogen-bond acceptors (Lipinski definition) is 7. The molecule has 0 fully saturated rings. The maximum Gasteiger partial charge on any atom is 0.335 e. The van der Waals surface area contributed by atoms with Gasteiger partial charge in [0.05, 0.1) is 29.7 Å². The Morgan fingerprint density at radius 1 is 1.06 bits per heavy atom. The maximum absolute atomic E-state index is 12.2. The second-order valence-corrected chi connectivity index (χ2v) is 7.29. The first-order valence-electron chi connectivity index (χ1n) is 10.6. The van der Waals surface area contributed by atoms with Gasteiger partial charge in [0.2, 0.25) is 5.91 Å². The molecule has 0 saturated carbocycles. The lowest BCUT2D eigenvalue weighted by atomic mass is 10.1. The monoisotopic (exact) mass is 477 g/mol. The van der Waals surface area contributed by atoms with Gasteiger partial charge in [-0.15, -0.1) is 0 Å². The van der Waals surface area contributed by atoms with Crippen molar-refractivity contribution in [2.75, 3.05) is 6.61 Å². The second kappa shape index (κ2) is 11.9. The molecule has 35 heavy (non-hydrogen) atoms. The van der Waals surface area contributed by atoms with E-state index in [-0.39, 0.29) is 24.3 Å². The first-order valence-corrected chi connectivity index (χ1v) is 10.6. The zero-order chi connectivity index (χ0) is 25.2. The summed E-state index contributed by atoms with van der Waals surface area (Å²) in [4.78, 5) is 33.7. The molecule has 0 aliphatic heterocycles. The van der Waals surface area contributed by atoms with Crippen LogP contribution >= 0.6 is 0 Å². The largest absolute Gasteiger partial charge is 0.490 e. The van der Waals surface area contributed by atoms with Crippen LogP contribution in [0.15, 0.2) is 71.8 Å². The average Bonchev–Trinajstić information content (AvgIpc) is 2.84. The Morgan fingerprint density at radius 3 is 2.49 bits per heavy atom. The number of carbonyl (C=O) groups excluding carboxylic acids is 1. The molecule has 3 aromatic rings. The Hall–Kier alpha value is -4.73. The molecule has 3 aromatic carbocycles. The van der Waals surface area contributed by atoms with E-state index in [1.54, 1.807) is 36.4 Å². The molecular weight excluding hydrogens is 454 g/mol. The van der Waals surface area contributed by atoms with Crippen LogP contribution in [0, 0.1) is 10.1 Å². The van der Waals surface area contributed by atoms with Crippen LogP contribution in [0.5, 0.6) is 11.5 Å². The molecule has 3 rings (SSSR count). The Morgan fingerprint density at radius 2 is 1.80 bits per heavy atom. The predicted molar refractivity (Wildman–Crippen MR) is 128 cm³/mol. The summed E-state index contributed by atoms with van der Waals surface area (Å²) in [5.41, 5.74) is 4.16. The molecule has 0 radical (unpaired) electrons. The number of nitrogens with zero attached hydrogens (tertiary/aromatic N) is 2. The van der Waals surface area contributed by atoms with Gasteiger partial charge in [-0.1, -0.05) is 30.3 Å². The summed E-state index contributed by atoms with van der Waals surface area (Å²) in [5.74, 6) is -0.517. The highest BCUT2D eigenvalue weighted by molar-refractivity contribution is 5.87. The van der Waals surface area contributed by atoms with Crippen molar-refractivity contribution in [2.24, 2.45) is 5.10 Å². The average molecular weight is 477 g/mol. The number of carbonyl (C=O) groups is 2. The van der Waals surface area contributed by atoms with Gasteiger partial charge in [-0.05, 0) is 48.4 Å². The van der Waals surface area contributed by atoms with Crippen LogP contribution in [-0.2, 0) is 17.8 Å². The zero-order valence-electron chi connectivity index (χ0n) is 18.8. The van der Waals surface area contributed by atoms with Gasteiger partial charge < -0.3 is 14.6 Å². The molecule has 10 heteroatoms. The maximum atomic E-state index is 12.2. The normalized spacial score (nSPS) is 10.7.